The van der Waals surface area contributed by atoms with Gasteiger partial charge in [-0.2, -0.15) is 0 Å². The number of hydrogen-bond acceptors (Lipinski definition) is 4. The van der Waals surface area contributed by atoms with Crippen LogP contribution in [0.1, 0.15) is 36.0 Å². The molecule has 0 spiro atoms. The topological polar surface area (TPSA) is 97.1 Å². The number of nitrogens with zero attached hydrogens (tertiary/aromatic N) is 1. The third kappa shape index (κ3) is 3.60. The first kappa shape index (κ1) is 16.1. The zero-order valence-electron chi connectivity index (χ0n) is 13.3. The van der Waals surface area contributed by atoms with Crippen molar-refractivity contribution in [2.75, 3.05) is 10.6 Å². The number of carbonyl (C=O) groups is 2. The van der Waals surface area contributed by atoms with Gasteiger partial charge in [0, 0.05) is 29.3 Å². The fourth-order valence-electron chi connectivity index (χ4n) is 2.87. The highest BCUT2D eigenvalue weighted by atomic mass is 16.2. The predicted molar refractivity (Wildman–Crippen MR) is 92.6 cm³/mol. The Morgan fingerprint density at radius 3 is 2.42 bits per heavy atom. The van der Waals surface area contributed by atoms with Crippen molar-refractivity contribution in [3.63, 3.8) is 0 Å². The highest BCUT2D eigenvalue weighted by molar-refractivity contribution is 6.05. The van der Waals surface area contributed by atoms with Crippen molar-refractivity contribution in [2.45, 2.75) is 31.2 Å². The van der Waals surface area contributed by atoms with E-state index in [4.69, 9.17) is 5.73 Å². The lowest BCUT2D eigenvalue weighted by atomic mass is 9.98. The van der Waals surface area contributed by atoms with Crippen LogP contribution in [0.25, 0.3) is 0 Å². The molecule has 0 unspecified atom stereocenters. The fourth-order valence-corrected chi connectivity index (χ4v) is 2.87. The number of carbonyl (C=O) groups excluding carboxylic acids is 2. The lowest BCUT2D eigenvalue weighted by Gasteiger charge is -2.22. The zero-order valence-corrected chi connectivity index (χ0v) is 13.3. The van der Waals surface area contributed by atoms with Gasteiger partial charge in [-0.15, -0.1) is 0 Å². The molecule has 4 N–H and O–H groups in total. The van der Waals surface area contributed by atoms with Crippen LogP contribution < -0.4 is 16.4 Å². The number of hydrogen-bond donors (Lipinski definition) is 3. The fraction of sp³-hybridized carbons (Fsp3) is 0.278. The Kier molecular flexibility index (Phi) is 4.57. The second-order valence-electron chi connectivity index (χ2n) is 6.09. The molecule has 3 rings (SSSR count). The van der Waals surface area contributed by atoms with Crippen molar-refractivity contribution in [3.05, 3.63) is 54.4 Å². The molecule has 0 saturated heterocycles. The van der Waals surface area contributed by atoms with Crippen molar-refractivity contribution in [3.8, 4) is 0 Å². The molecule has 1 fully saturated rings. The quantitative estimate of drug-likeness (QED) is 0.805. The Labute approximate surface area is 140 Å². The van der Waals surface area contributed by atoms with E-state index in [1.54, 1.807) is 48.8 Å². The van der Waals surface area contributed by atoms with E-state index < -0.39 is 5.54 Å². The molecule has 1 aliphatic carbocycles. The molecular formula is C18H20N4O2. The predicted octanol–water partition coefficient (Wildman–Crippen LogP) is 2.54. The van der Waals surface area contributed by atoms with E-state index in [9.17, 15) is 9.59 Å². The van der Waals surface area contributed by atoms with Gasteiger partial charge >= 0.3 is 0 Å². The molecule has 1 aliphatic rings. The van der Waals surface area contributed by atoms with E-state index in [0.717, 1.165) is 12.8 Å². The summed E-state index contributed by atoms with van der Waals surface area (Å²) in [6, 6.07) is 10.2. The van der Waals surface area contributed by atoms with Crippen LogP contribution in [0.15, 0.2) is 48.8 Å². The molecule has 24 heavy (non-hydrogen) atoms. The minimum atomic E-state index is -0.796. The summed E-state index contributed by atoms with van der Waals surface area (Å²) < 4.78 is 0. The lowest BCUT2D eigenvalue weighted by Crippen LogP contribution is -2.48. The first-order valence-corrected chi connectivity index (χ1v) is 7.99. The van der Waals surface area contributed by atoms with Gasteiger partial charge in [0.15, 0.2) is 0 Å². The Balaban J connectivity index is 1.70. The third-order valence-corrected chi connectivity index (χ3v) is 4.27. The summed E-state index contributed by atoms with van der Waals surface area (Å²) in [5.74, 6) is -0.438. The standard InChI is InChI=1S/C18H20N4O2/c19-18(8-1-2-9-18)17(24)22-15-5-3-4-13(12-15)16(23)21-14-6-10-20-11-7-14/h3-7,10-12H,1-2,8-9,19H2,(H,22,24)(H,20,21,23). The Hall–Kier alpha value is -2.73. The van der Waals surface area contributed by atoms with Crippen LogP contribution >= 0.6 is 0 Å². The van der Waals surface area contributed by atoms with Crippen molar-refractivity contribution < 1.29 is 9.59 Å². The smallest absolute Gasteiger partial charge is 0.255 e. The van der Waals surface area contributed by atoms with Crippen LogP contribution in [0.3, 0.4) is 0 Å². The SMILES string of the molecule is NC1(C(=O)Nc2cccc(C(=O)Nc3ccncc3)c2)CCCC1. The summed E-state index contributed by atoms with van der Waals surface area (Å²) in [5, 5.41) is 5.61. The number of amides is 2. The Morgan fingerprint density at radius 2 is 1.71 bits per heavy atom. The molecule has 1 saturated carbocycles. The average molecular weight is 324 g/mol. The molecule has 2 amide bonds. The summed E-state index contributed by atoms with van der Waals surface area (Å²) in [7, 11) is 0. The van der Waals surface area contributed by atoms with Crippen molar-refractivity contribution in [1.29, 1.82) is 0 Å². The zero-order chi connectivity index (χ0) is 17.0. The third-order valence-electron chi connectivity index (χ3n) is 4.27. The number of nitrogens with one attached hydrogen (secondary N) is 2. The molecule has 1 aromatic carbocycles. The number of anilines is 2. The molecular weight excluding hydrogens is 304 g/mol. The van der Waals surface area contributed by atoms with Gasteiger partial charge in [0.1, 0.15) is 0 Å². The van der Waals surface area contributed by atoms with Gasteiger partial charge < -0.3 is 16.4 Å². The van der Waals surface area contributed by atoms with Crippen molar-refractivity contribution in [1.82, 2.24) is 4.98 Å². The van der Waals surface area contributed by atoms with E-state index in [1.807, 2.05) is 0 Å². The number of aromatic nitrogens is 1. The number of pyridine rings is 1. The highest BCUT2D eigenvalue weighted by Gasteiger charge is 2.36. The van der Waals surface area contributed by atoms with Gasteiger partial charge in [-0.25, -0.2) is 0 Å². The summed E-state index contributed by atoms with van der Waals surface area (Å²) >= 11 is 0. The second kappa shape index (κ2) is 6.80. The van der Waals surface area contributed by atoms with E-state index in [1.165, 1.54) is 0 Å². The van der Waals surface area contributed by atoms with Crippen LogP contribution in [0, 0.1) is 0 Å². The molecule has 6 heteroatoms. The first-order chi connectivity index (χ1) is 11.6. The minimum absolute atomic E-state index is 0.188. The van der Waals surface area contributed by atoms with Gasteiger partial charge in [0.2, 0.25) is 5.91 Å². The van der Waals surface area contributed by atoms with Crippen molar-refractivity contribution >= 4 is 23.2 Å². The largest absolute Gasteiger partial charge is 0.324 e. The summed E-state index contributed by atoms with van der Waals surface area (Å²) in [6.45, 7) is 0. The lowest BCUT2D eigenvalue weighted by molar-refractivity contribution is -0.121. The van der Waals surface area contributed by atoms with Crippen LogP contribution in [0.4, 0.5) is 11.4 Å². The molecule has 6 nitrogen and oxygen atoms in total. The second-order valence-corrected chi connectivity index (χ2v) is 6.09. The van der Waals surface area contributed by atoms with E-state index in [0.29, 0.717) is 29.8 Å². The minimum Gasteiger partial charge on any atom is -0.324 e. The summed E-state index contributed by atoms with van der Waals surface area (Å²) in [4.78, 5) is 28.6. The molecule has 2 aromatic rings. The van der Waals surface area contributed by atoms with Crippen LogP contribution in [0.5, 0.6) is 0 Å². The molecule has 0 atom stereocenters. The first-order valence-electron chi connectivity index (χ1n) is 7.99. The van der Waals surface area contributed by atoms with Crippen molar-refractivity contribution in [2.24, 2.45) is 5.73 Å². The van der Waals surface area contributed by atoms with Gasteiger partial charge in [0.05, 0.1) is 5.54 Å². The summed E-state index contributed by atoms with van der Waals surface area (Å²) in [6.07, 6.45) is 6.54. The Bertz CT molecular complexity index is 740. The summed E-state index contributed by atoms with van der Waals surface area (Å²) in [5.41, 5.74) is 7.05. The Morgan fingerprint density at radius 1 is 1.00 bits per heavy atom. The highest BCUT2D eigenvalue weighted by Crippen LogP contribution is 2.28. The van der Waals surface area contributed by atoms with Crippen LogP contribution in [0.2, 0.25) is 0 Å². The van der Waals surface area contributed by atoms with Gasteiger partial charge in [-0.3, -0.25) is 14.6 Å². The maximum absolute atomic E-state index is 12.4. The van der Waals surface area contributed by atoms with Gasteiger partial charge in [-0.1, -0.05) is 18.9 Å². The molecule has 0 aliphatic heterocycles. The maximum Gasteiger partial charge on any atom is 0.255 e. The van der Waals surface area contributed by atoms with E-state index in [-0.39, 0.29) is 11.8 Å². The van der Waals surface area contributed by atoms with E-state index in [2.05, 4.69) is 15.6 Å². The van der Waals surface area contributed by atoms with Crippen LogP contribution in [-0.4, -0.2) is 22.3 Å². The van der Waals surface area contributed by atoms with Crippen LogP contribution in [-0.2, 0) is 4.79 Å². The number of rotatable bonds is 4. The van der Waals surface area contributed by atoms with Gasteiger partial charge in [0.25, 0.3) is 5.91 Å². The molecule has 0 bridgehead atoms. The number of nitrogens with two attached hydrogens (primary N) is 1. The average Bonchev–Trinajstić information content (AvgIpc) is 3.04. The normalized spacial score (nSPS) is 15.7. The molecule has 1 aromatic heterocycles. The molecule has 0 radical (unpaired) electrons. The van der Waals surface area contributed by atoms with Gasteiger partial charge in [-0.05, 0) is 43.2 Å². The maximum atomic E-state index is 12.4. The van der Waals surface area contributed by atoms with E-state index >= 15 is 0 Å². The molecule has 1 heterocycles. The monoisotopic (exact) mass is 324 g/mol. The molecule has 124 valence electrons. The number of benzene rings is 1.